The molecule has 0 spiro atoms. The Labute approximate surface area is 251 Å². The Morgan fingerprint density at radius 1 is 1.20 bits per heavy atom. The third-order valence-electron chi connectivity index (χ3n) is 7.44. The normalized spacial score (nSPS) is 15.0. The van der Waals surface area contributed by atoms with E-state index < -0.39 is 12.5 Å². The van der Waals surface area contributed by atoms with Crippen molar-refractivity contribution in [1.29, 1.82) is 5.26 Å². The van der Waals surface area contributed by atoms with Gasteiger partial charge in [-0.1, -0.05) is 12.1 Å². The molecule has 4 heterocycles. The molecule has 0 aliphatic carbocycles. The van der Waals surface area contributed by atoms with Crippen molar-refractivity contribution in [2.75, 3.05) is 18.9 Å². The Balaban J connectivity index is 1.40. The molecule has 0 radical (unpaired) electrons. The Morgan fingerprint density at radius 2 is 2.07 bits per heavy atom. The molecule has 2 aromatic carbocycles. The van der Waals surface area contributed by atoms with Crippen LogP contribution in [-0.2, 0) is 13.0 Å². The van der Waals surface area contributed by atoms with Crippen molar-refractivity contribution in [3.63, 3.8) is 0 Å². The highest BCUT2D eigenvalue weighted by molar-refractivity contribution is 6.09. The molecular formula is C31H28F2N8O3. The van der Waals surface area contributed by atoms with Gasteiger partial charge in [0.2, 0.25) is 0 Å². The van der Waals surface area contributed by atoms with Gasteiger partial charge in [0.05, 0.1) is 36.5 Å². The number of amides is 1. The summed E-state index contributed by atoms with van der Waals surface area (Å²) in [6, 6.07) is 15.5. The van der Waals surface area contributed by atoms with Crippen molar-refractivity contribution >= 4 is 17.2 Å². The van der Waals surface area contributed by atoms with Crippen molar-refractivity contribution in [2.24, 2.45) is 0 Å². The monoisotopic (exact) mass is 598 g/mol. The van der Waals surface area contributed by atoms with Crippen LogP contribution in [0, 0.1) is 11.3 Å². The summed E-state index contributed by atoms with van der Waals surface area (Å²) >= 11 is 0. The molecule has 1 atom stereocenters. The summed E-state index contributed by atoms with van der Waals surface area (Å²) in [6.45, 7) is -1.60. The van der Waals surface area contributed by atoms with Gasteiger partial charge in [0.1, 0.15) is 28.5 Å². The number of fused-ring (bicyclic) bond motifs is 1. The lowest BCUT2D eigenvalue weighted by Gasteiger charge is -2.19. The van der Waals surface area contributed by atoms with E-state index in [0.29, 0.717) is 29.4 Å². The van der Waals surface area contributed by atoms with Gasteiger partial charge in [-0.2, -0.15) is 24.2 Å². The number of nitrogens with zero attached hydrogens (tertiary/aromatic N) is 7. The number of carbonyl (C=O) groups is 1. The maximum Gasteiger partial charge on any atom is 0.387 e. The van der Waals surface area contributed by atoms with E-state index in [1.165, 1.54) is 28.9 Å². The molecule has 3 aromatic heterocycles. The molecule has 1 saturated heterocycles. The van der Waals surface area contributed by atoms with Gasteiger partial charge in [0.15, 0.2) is 5.65 Å². The highest BCUT2D eigenvalue weighted by Crippen LogP contribution is 2.39. The topological polar surface area (TPSA) is 123 Å². The lowest BCUT2D eigenvalue weighted by atomic mass is 10.1. The number of hydrogen-bond acceptors (Lipinski definition) is 8. The van der Waals surface area contributed by atoms with Crippen LogP contribution in [0.25, 0.3) is 16.9 Å². The largest absolute Gasteiger partial charge is 0.457 e. The van der Waals surface area contributed by atoms with Crippen LogP contribution in [0.4, 0.5) is 14.5 Å². The number of nitrogens with one attached hydrogen (secondary N) is 1. The molecule has 0 unspecified atom stereocenters. The summed E-state index contributed by atoms with van der Waals surface area (Å²) in [5.74, 6) is 0.164. The quantitative estimate of drug-likeness (QED) is 0.227. The van der Waals surface area contributed by atoms with Crippen molar-refractivity contribution < 1.29 is 23.0 Å². The molecule has 1 aliphatic rings. The van der Waals surface area contributed by atoms with Crippen LogP contribution in [0.2, 0.25) is 0 Å². The molecule has 6 rings (SSSR count). The standard InChI is InChI=1S/C31H28F2N8O3/c1-39-13-3-6-21(39)18-40-19-26(37-30(42)25-17-36-41-14-4-12-35-29(25)41)28(38-40)24-16-23(8-9-27(24)44-31(32)33)43-22-7-2-5-20(15-22)10-11-34/h2,4-5,7-9,12,14-17,19,21,31H,3,6,10,13,18H2,1H3,(H,37,42)/t21-/m1/s1. The third kappa shape index (κ3) is 6.20. The average Bonchev–Trinajstić information content (AvgIpc) is 3.73. The zero-order valence-electron chi connectivity index (χ0n) is 23.7. The van der Waals surface area contributed by atoms with E-state index in [-0.39, 0.29) is 35.0 Å². The first-order chi connectivity index (χ1) is 21.4. The lowest BCUT2D eigenvalue weighted by Crippen LogP contribution is -2.29. The number of hydrogen-bond donors (Lipinski definition) is 1. The summed E-state index contributed by atoms with van der Waals surface area (Å²) in [7, 11) is 2.05. The van der Waals surface area contributed by atoms with Crippen LogP contribution >= 0.6 is 0 Å². The summed E-state index contributed by atoms with van der Waals surface area (Å²) in [6.07, 6.45) is 8.58. The van der Waals surface area contributed by atoms with Crippen LogP contribution < -0.4 is 14.8 Å². The molecule has 0 bridgehead atoms. The second-order valence-corrected chi connectivity index (χ2v) is 10.4. The minimum Gasteiger partial charge on any atom is -0.457 e. The SMILES string of the molecule is CN1CCC[C@@H]1Cn1cc(NC(=O)c2cnn3cccnc23)c(-c2cc(Oc3cccc(CC#N)c3)ccc2OC(F)F)n1. The van der Waals surface area contributed by atoms with Crippen LogP contribution in [0.5, 0.6) is 17.2 Å². The number of aromatic nitrogens is 5. The van der Waals surface area contributed by atoms with Gasteiger partial charge in [0.25, 0.3) is 5.91 Å². The van der Waals surface area contributed by atoms with E-state index in [2.05, 4.69) is 26.4 Å². The number of halogens is 2. The molecule has 0 saturated carbocycles. The number of anilines is 1. The fraction of sp³-hybridized carbons (Fsp3) is 0.258. The predicted molar refractivity (Wildman–Crippen MR) is 157 cm³/mol. The van der Waals surface area contributed by atoms with E-state index in [9.17, 15) is 13.6 Å². The Hall–Kier alpha value is -5.35. The van der Waals surface area contributed by atoms with E-state index in [1.54, 1.807) is 47.5 Å². The second kappa shape index (κ2) is 12.5. The number of nitriles is 1. The zero-order chi connectivity index (χ0) is 30.6. The Bertz CT molecular complexity index is 1850. The highest BCUT2D eigenvalue weighted by Gasteiger charge is 2.25. The summed E-state index contributed by atoms with van der Waals surface area (Å²) < 4.78 is 41.2. The molecule has 44 heavy (non-hydrogen) atoms. The number of likely N-dealkylation sites (N-methyl/N-ethyl adjacent to an activating group) is 1. The lowest BCUT2D eigenvalue weighted by molar-refractivity contribution is -0.0494. The first-order valence-corrected chi connectivity index (χ1v) is 14.0. The van der Waals surface area contributed by atoms with Gasteiger partial charge in [-0.3, -0.25) is 9.48 Å². The molecule has 13 heteroatoms. The van der Waals surface area contributed by atoms with Gasteiger partial charge in [-0.15, -0.1) is 0 Å². The molecular weight excluding hydrogens is 570 g/mol. The highest BCUT2D eigenvalue weighted by atomic mass is 19.3. The molecule has 1 aliphatic heterocycles. The molecule has 1 N–H and O–H groups in total. The van der Waals surface area contributed by atoms with E-state index in [0.717, 1.165) is 24.9 Å². The Morgan fingerprint density at radius 3 is 2.86 bits per heavy atom. The smallest absolute Gasteiger partial charge is 0.387 e. The molecule has 1 fully saturated rings. The minimum absolute atomic E-state index is 0.137. The molecule has 1 amide bonds. The maximum atomic E-state index is 13.5. The fourth-order valence-electron chi connectivity index (χ4n) is 5.31. The summed E-state index contributed by atoms with van der Waals surface area (Å²) in [5, 5.41) is 20.9. The number of alkyl halides is 2. The first kappa shape index (κ1) is 28.8. The van der Waals surface area contributed by atoms with Gasteiger partial charge >= 0.3 is 6.61 Å². The second-order valence-electron chi connectivity index (χ2n) is 10.4. The van der Waals surface area contributed by atoms with E-state index in [1.807, 2.05) is 13.1 Å². The zero-order valence-corrected chi connectivity index (χ0v) is 23.7. The van der Waals surface area contributed by atoms with Crippen LogP contribution in [0.15, 0.2) is 73.3 Å². The molecule has 11 nitrogen and oxygen atoms in total. The van der Waals surface area contributed by atoms with Crippen LogP contribution in [0.3, 0.4) is 0 Å². The van der Waals surface area contributed by atoms with Gasteiger partial charge in [-0.25, -0.2) is 9.50 Å². The molecule has 224 valence electrons. The number of rotatable bonds is 10. The molecule has 5 aromatic rings. The number of likely N-dealkylation sites (tertiary alicyclic amines) is 1. The van der Waals surface area contributed by atoms with E-state index in [4.69, 9.17) is 19.8 Å². The van der Waals surface area contributed by atoms with Gasteiger partial charge < -0.3 is 19.7 Å². The van der Waals surface area contributed by atoms with Gasteiger partial charge in [0, 0.05) is 24.6 Å². The number of ether oxygens (including phenoxy) is 2. The van der Waals surface area contributed by atoms with Crippen molar-refractivity contribution in [2.45, 2.75) is 38.5 Å². The number of carbonyl (C=O) groups excluding carboxylic acids is 1. The van der Waals surface area contributed by atoms with Crippen molar-refractivity contribution in [1.82, 2.24) is 29.3 Å². The van der Waals surface area contributed by atoms with Crippen molar-refractivity contribution in [3.8, 4) is 34.6 Å². The summed E-state index contributed by atoms with van der Waals surface area (Å²) in [5.41, 5.74) is 2.08. The number of benzene rings is 2. The van der Waals surface area contributed by atoms with Crippen LogP contribution in [0.1, 0.15) is 28.8 Å². The van der Waals surface area contributed by atoms with Crippen LogP contribution in [-0.4, -0.2) is 61.4 Å². The average molecular weight is 599 g/mol. The third-order valence-corrected chi connectivity index (χ3v) is 7.44. The predicted octanol–water partition coefficient (Wildman–Crippen LogP) is 5.40. The maximum absolute atomic E-state index is 13.5. The summed E-state index contributed by atoms with van der Waals surface area (Å²) in [4.78, 5) is 20.0. The van der Waals surface area contributed by atoms with Crippen molar-refractivity contribution in [3.05, 3.63) is 84.4 Å². The fourth-order valence-corrected chi connectivity index (χ4v) is 5.31. The minimum atomic E-state index is -3.10. The first-order valence-electron chi connectivity index (χ1n) is 14.0. The van der Waals surface area contributed by atoms with Gasteiger partial charge in [-0.05, 0) is 68.4 Å². The Kier molecular flexibility index (Phi) is 8.16. The van der Waals surface area contributed by atoms with E-state index >= 15 is 0 Å².